The van der Waals surface area contributed by atoms with Gasteiger partial charge in [0.15, 0.2) is 0 Å². The molecule has 0 nitrogen and oxygen atoms in total. The minimum absolute atomic E-state index is 1.07. The summed E-state index contributed by atoms with van der Waals surface area (Å²) in [4.78, 5) is 0. The lowest BCUT2D eigenvalue weighted by molar-refractivity contribution is 0.0259. The molecule has 0 heteroatoms. The van der Waals surface area contributed by atoms with Crippen LogP contribution in [0.1, 0.15) is 64.7 Å². The molecule has 3 fully saturated rings. The average Bonchev–Trinajstić information content (AvgIpc) is 1.95. The second kappa shape index (κ2) is 4.11. The van der Waals surface area contributed by atoms with Crippen LogP contribution in [-0.2, 0) is 0 Å². The van der Waals surface area contributed by atoms with E-state index in [0.717, 1.165) is 29.6 Å². The van der Waals surface area contributed by atoms with E-state index in [1.807, 2.05) is 0 Å². The van der Waals surface area contributed by atoms with Gasteiger partial charge in [0.25, 0.3) is 0 Å². The number of hydrogen-bond acceptors (Lipinski definition) is 0. The van der Waals surface area contributed by atoms with Gasteiger partial charge in [-0.2, -0.15) is 0 Å². The van der Waals surface area contributed by atoms with E-state index in [1.165, 1.54) is 12.8 Å². The largest absolute Gasteiger partial charge is 0.0620 e. The summed E-state index contributed by atoms with van der Waals surface area (Å²) in [6, 6.07) is 0. The third-order valence-electron chi connectivity index (χ3n) is 5.91. The second-order valence-corrected chi connectivity index (χ2v) is 6.58. The highest BCUT2D eigenvalue weighted by Gasteiger charge is 2.40. The maximum Gasteiger partial charge on any atom is -0.0357 e. The first-order chi connectivity index (χ1) is 7.34. The van der Waals surface area contributed by atoms with Crippen molar-refractivity contribution in [3.8, 4) is 0 Å². The van der Waals surface area contributed by atoms with Gasteiger partial charge in [-0.3, -0.25) is 0 Å². The van der Waals surface area contributed by atoms with Crippen LogP contribution >= 0.6 is 0 Å². The standard InChI is InChI=1S/C15H26/c1-11(13-6-3-7-13)15-9-8-14(15)10-12-4-2-5-12/h11-15H,2-10H2,1H3. The quantitative estimate of drug-likeness (QED) is 0.628. The predicted octanol–water partition coefficient (Wildman–Crippen LogP) is 4.64. The summed E-state index contributed by atoms with van der Waals surface area (Å²) in [6.07, 6.45) is 14.0. The van der Waals surface area contributed by atoms with Crippen LogP contribution in [0.3, 0.4) is 0 Å². The van der Waals surface area contributed by atoms with Gasteiger partial charge in [-0.1, -0.05) is 45.4 Å². The number of hydrogen-bond donors (Lipinski definition) is 0. The molecule has 0 aliphatic heterocycles. The fourth-order valence-corrected chi connectivity index (χ4v) is 4.05. The molecule has 0 aromatic carbocycles. The smallest absolute Gasteiger partial charge is 0.0357 e. The van der Waals surface area contributed by atoms with E-state index in [4.69, 9.17) is 0 Å². The van der Waals surface area contributed by atoms with Crippen molar-refractivity contribution in [2.24, 2.45) is 29.6 Å². The Labute approximate surface area is 94.8 Å². The monoisotopic (exact) mass is 206 g/mol. The normalized spacial score (nSPS) is 39.0. The van der Waals surface area contributed by atoms with Crippen molar-refractivity contribution < 1.29 is 0 Å². The zero-order chi connectivity index (χ0) is 10.3. The van der Waals surface area contributed by atoms with E-state index >= 15 is 0 Å². The van der Waals surface area contributed by atoms with E-state index in [9.17, 15) is 0 Å². The molecule has 0 aromatic rings. The summed E-state index contributed by atoms with van der Waals surface area (Å²) in [6.45, 7) is 2.56. The van der Waals surface area contributed by atoms with Gasteiger partial charge in [0.1, 0.15) is 0 Å². The number of rotatable bonds is 4. The van der Waals surface area contributed by atoms with Crippen molar-refractivity contribution >= 4 is 0 Å². The third-order valence-corrected chi connectivity index (χ3v) is 5.91. The SMILES string of the molecule is CC(C1CCC1)C1CCC1CC1CCC1. The lowest BCUT2D eigenvalue weighted by Crippen LogP contribution is -2.38. The molecule has 3 unspecified atom stereocenters. The molecule has 0 bridgehead atoms. The molecule has 0 saturated heterocycles. The first-order valence-corrected chi connectivity index (χ1v) is 7.34. The zero-order valence-corrected chi connectivity index (χ0v) is 10.3. The Balaban J connectivity index is 1.48. The molecule has 3 aliphatic rings. The molecule has 3 rings (SSSR count). The molecule has 3 aliphatic carbocycles. The van der Waals surface area contributed by atoms with E-state index in [1.54, 1.807) is 44.9 Å². The highest BCUT2D eigenvalue weighted by Crippen LogP contribution is 2.50. The summed E-state index contributed by atoms with van der Waals surface area (Å²) in [5.41, 5.74) is 0. The third kappa shape index (κ3) is 1.85. The zero-order valence-electron chi connectivity index (χ0n) is 10.3. The minimum atomic E-state index is 1.07. The lowest BCUT2D eigenvalue weighted by Gasteiger charge is -2.48. The topological polar surface area (TPSA) is 0 Å². The van der Waals surface area contributed by atoms with Crippen LogP contribution in [0, 0.1) is 29.6 Å². The molecule has 0 aromatic heterocycles. The fourth-order valence-electron chi connectivity index (χ4n) is 4.05. The summed E-state index contributed by atoms with van der Waals surface area (Å²) >= 11 is 0. The van der Waals surface area contributed by atoms with Gasteiger partial charge in [-0.15, -0.1) is 0 Å². The van der Waals surface area contributed by atoms with Crippen molar-refractivity contribution in [3.05, 3.63) is 0 Å². The maximum absolute atomic E-state index is 2.56. The summed E-state index contributed by atoms with van der Waals surface area (Å²) in [5, 5.41) is 0. The Morgan fingerprint density at radius 2 is 1.67 bits per heavy atom. The van der Waals surface area contributed by atoms with Gasteiger partial charge in [-0.25, -0.2) is 0 Å². The molecule has 86 valence electrons. The highest BCUT2D eigenvalue weighted by molar-refractivity contribution is 4.91. The lowest BCUT2D eigenvalue weighted by atomic mass is 9.58. The van der Waals surface area contributed by atoms with Crippen LogP contribution in [0.4, 0.5) is 0 Å². The first kappa shape index (κ1) is 10.2. The van der Waals surface area contributed by atoms with E-state index < -0.39 is 0 Å². The Morgan fingerprint density at radius 3 is 2.07 bits per heavy atom. The Morgan fingerprint density at radius 1 is 0.933 bits per heavy atom. The molecule has 15 heavy (non-hydrogen) atoms. The Bertz CT molecular complexity index is 212. The predicted molar refractivity (Wildman–Crippen MR) is 64.7 cm³/mol. The van der Waals surface area contributed by atoms with Crippen LogP contribution in [-0.4, -0.2) is 0 Å². The van der Waals surface area contributed by atoms with Crippen molar-refractivity contribution in [2.45, 2.75) is 64.7 Å². The van der Waals surface area contributed by atoms with Gasteiger partial charge in [0.05, 0.1) is 0 Å². The van der Waals surface area contributed by atoms with Gasteiger partial charge < -0.3 is 0 Å². The summed E-state index contributed by atoms with van der Waals surface area (Å²) < 4.78 is 0. The maximum atomic E-state index is 2.56. The molecule has 3 atom stereocenters. The van der Waals surface area contributed by atoms with Gasteiger partial charge in [0, 0.05) is 0 Å². The fraction of sp³-hybridized carbons (Fsp3) is 1.00. The molecule has 0 N–H and O–H groups in total. The molecule has 0 heterocycles. The molecule has 0 spiro atoms. The second-order valence-electron chi connectivity index (χ2n) is 6.58. The Hall–Kier alpha value is 0. The van der Waals surface area contributed by atoms with E-state index in [-0.39, 0.29) is 0 Å². The molecule has 0 amide bonds. The van der Waals surface area contributed by atoms with Crippen LogP contribution < -0.4 is 0 Å². The van der Waals surface area contributed by atoms with Crippen molar-refractivity contribution in [1.29, 1.82) is 0 Å². The first-order valence-electron chi connectivity index (χ1n) is 7.34. The van der Waals surface area contributed by atoms with E-state index in [0.29, 0.717) is 0 Å². The van der Waals surface area contributed by atoms with Gasteiger partial charge in [-0.05, 0) is 48.9 Å². The van der Waals surface area contributed by atoms with Crippen molar-refractivity contribution in [1.82, 2.24) is 0 Å². The summed E-state index contributed by atoms with van der Waals surface area (Å²) in [7, 11) is 0. The summed E-state index contributed by atoms with van der Waals surface area (Å²) in [5.74, 6) is 5.62. The highest BCUT2D eigenvalue weighted by atomic mass is 14.5. The Kier molecular flexibility index (Phi) is 2.79. The van der Waals surface area contributed by atoms with Gasteiger partial charge in [0.2, 0.25) is 0 Å². The van der Waals surface area contributed by atoms with Crippen molar-refractivity contribution in [3.63, 3.8) is 0 Å². The average molecular weight is 206 g/mol. The van der Waals surface area contributed by atoms with Crippen LogP contribution in [0.2, 0.25) is 0 Å². The van der Waals surface area contributed by atoms with Crippen LogP contribution in [0.25, 0.3) is 0 Å². The van der Waals surface area contributed by atoms with Gasteiger partial charge >= 0.3 is 0 Å². The van der Waals surface area contributed by atoms with E-state index in [2.05, 4.69) is 6.92 Å². The molecular weight excluding hydrogens is 180 g/mol. The van der Waals surface area contributed by atoms with Crippen LogP contribution in [0.5, 0.6) is 0 Å². The molecule has 3 saturated carbocycles. The van der Waals surface area contributed by atoms with Crippen molar-refractivity contribution in [2.75, 3.05) is 0 Å². The minimum Gasteiger partial charge on any atom is -0.0620 e. The molecular formula is C15H26. The van der Waals surface area contributed by atoms with Crippen LogP contribution in [0.15, 0.2) is 0 Å². The molecule has 0 radical (unpaired) electrons.